The van der Waals surface area contributed by atoms with Crippen LogP contribution in [0.25, 0.3) is 0 Å². The Hall–Kier alpha value is -1.78. The lowest BCUT2D eigenvalue weighted by Gasteiger charge is -2.26. The second kappa shape index (κ2) is 5.71. The van der Waals surface area contributed by atoms with Gasteiger partial charge < -0.3 is 14.5 Å². The van der Waals surface area contributed by atoms with Crippen molar-refractivity contribution in [2.45, 2.75) is 45.8 Å². The van der Waals surface area contributed by atoms with E-state index in [9.17, 15) is 9.59 Å². The Morgan fingerprint density at radius 1 is 1.50 bits per heavy atom. The third-order valence-electron chi connectivity index (χ3n) is 2.72. The van der Waals surface area contributed by atoms with Crippen molar-refractivity contribution < 1.29 is 18.7 Å². The zero-order valence-electron chi connectivity index (χ0n) is 11.1. The van der Waals surface area contributed by atoms with Crippen LogP contribution in [0, 0.1) is 0 Å². The summed E-state index contributed by atoms with van der Waals surface area (Å²) < 4.78 is 9.89. The Balaban J connectivity index is 2.53. The number of carbonyl (C=O) groups is 2. The maximum Gasteiger partial charge on any atom is 0.374 e. The minimum absolute atomic E-state index is 0.0874. The summed E-state index contributed by atoms with van der Waals surface area (Å²) in [7, 11) is 0. The number of esters is 1. The van der Waals surface area contributed by atoms with Crippen molar-refractivity contribution in [2.24, 2.45) is 0 Å². The Kier molecular flexibility index (Phi) is 4.53. The van der Waals surface area contributed by atoms with Crippen LogP contribution in [0.2, 0.25) is 0 Å². The van der Waals surface area contributed by atoms with E-state index in [2.05, 4.69) is 5.32 Å². The van der Waals surface area contributed by atoms with Crippen molar-refractivity contribution in [1.82, 2.24) is 5.32 Å². The molecule has 1 N–H and O–H groups in total. The lowest BCUT2D eigenvalue weighted by atomic mass is 10.0. The molecular weight excluding hydrogens is 234 g/mol. The number of amides is 1. The lowest BCUT2D eigenvalue weighted by molar-refractivity contribution is -0.130. The van der Waals surface area contributed by atoms with Crippen molar-refractivity contribution >= 4 is 11.9 Å². The van der Waals surface area contributed by atoms with Crippen molar-refractivity contribution in [2.75, 3.05) is 0 Å². The number of rotatable bonds is 5. The molecule has 0 aliphatic heterocycles. The third kappa shape index (κ3) is 3.91. The van der Waals surface area contributed by atoms with Crippen LogP contribution < -0.4 is 5.32 Å². The van der Waals surface area contributed by atoms with Gasteiger partial charge in [0.1, 0.15) is 0 Å². The standard InChI is InChI=1S/C13H19NO4/c1-5-13(3,4)14-11(15)9(2)18-12(16)10-7-6-8-17-10/h6-9H,5H2,1-4H3,(H,14,15). The number of furan rings is 1. The highest BCUT2D eigenvalue weighted by atomic mass is 16.6. The molecule has 1 rings (SSSR count). The van der Waals surface area contributed by atoms with Crippen molar-refractivity contribution in [3.63, 3.8) is 0 Å². The first-order chi connectivity index (χ1) is 8.35. The molecule has 5 heteroatoms. The molecule has 18 heavy (non-hydrogen) atoms. The molecule has 0 spiro atoms. The van der Waals surface area contributed by atoms with E-state index >= 15 is 0 Å². The molecule has 0 aliphatic carbocycles. The average molecular weight is 253 g/mol. The first kappa shape index (κ1) is 14.3. The van der Waals surface area contributed by atoms with Crippen LogP contribution >= 0.6 is 0 Å². The Bertz CT molecular complexity index is 409. The van der Waals surface area contributed by atoms with Crippen LogP contribution in [0.15, 0.2) is 22.8 Å². The molecule has 0 radical (unpaired) electrons. The first-order valence-corrected chi connectivity index (χ1v) is 5.92. The molecule has 0 bridgehead atoms. The third-order valence-corrected chi connectivity index (χ3v) is 2.72. The fourth-order valence-electron chi connectivity index (χ4n) is 1.19. The molecule has 1 heterocycles. The van der Waals surface area contributed by atoms with Crippen LogP contribution in [0.5, 0.6) is 0 Å². The van der Waals surface area contributed by atoms with Gasteiger partial charge in [-0.15, -0.1) is 0 Å². The predicted octanol–water partition coefficient (Wildman–Crippen LogP) is 2.13. The van der Waals surface area contributed by atoms with Crippen molar-refractivity contribution in [3.8, 4) is 0 Å². The Labute approximate surface area is 106 Å². The zero-order chi connectivity index (χ0) is 13.8. The summed E-state index contributed by atoms with van der Waals surface area (Å²) in [6.45, 7) is 7.32. The maximum absolute atomic E-state index is 11.8. The topological polar surface area (TPSA) is 68.5 Å². The van der Waals surface area contributed by atoms with Crippen molar-refractivity contribution in [3.05, 3.63) is 24.2 Å². The number of hydrogen-bond acceptors (Lipinski definition) is 4. The van der Waals surface area contributed by atoms with E-state index in [4.69, 9.17) is 9.15 Å². The monoisotopic (exact) mass is 253 g/mol. The SMILES string of the molecule is CCC(C)(C)NC(=O)C(C)OC(=O)c1ccco1. The van der Waals surface area contributed by atoms with Crippen LogP contribution in [-0.4, -0.2) is 23.5 Å². The van der Waals surface area contributed by atoms with Crippen LogP contribution in [0.4, 0.5) is 0 Å². The van der Waals surface area contributed by atoms with E-state index in [0.717, 1.165) is 6.42 Å². The molecule has 0 saturated carbocycles. The van der Waals surface area contributed by atoms with Crippen LogP contribution in [0.3, 0.4) is 0 Å². The summed E-state index contributed by atoms with van der Waals surface area (Å²) in [6, 6.07) is 3.07. The van der Waals surface area contributed by atoms with Crippen molar-refractivity contribution in [1.29, 1.82) is 0 Å². The van der Waals surface area contributed by atoms with Gasteiger partial charge in [-0.3, -0.25) is 4.79 Å². The van der Waals surface area contributed by atoms with Crippen LogP contribution in [0.1, 0.15) is 44.7 Å². The quantitative estimate of drug-likeness (QED) is 0.816. The van der Waals surface area contributed by atoms with Gasteiger partial charge in [-0.25, -0.2) is 4.79 Å². The predicted molar refractivity (Wildman–Crippen MR) is 66.1 cm³/mol. The molecule has 0 saturated heterocycles. The van der Waals surface area contributed by atoms with E-state index in [1.54, 1.807) is 6.07 Å². The molecule has 1 unspecified atom stereocenters. The summed E-state index contributed by atoms with van der Waals surface area (Å²) in [6.07, 6.45) is 1.31. The van der Waals surface area contributed by atoms with E-state index in [-0.39, 0.29) is 17.2 Å². The molecule has 5 nitrogen and oxygen atoms in total. The van der Waals surface area contributed by atoms with Gasteiger partial charge in [0.15, 0.2) is 6.10 Å². The molecule has 0 aromatic carbocycles. The van der Waals surface area contributed by atoms with Crippen LogP contribution in [-0.2, 0) is 9.53 Å². The summed E-state index contributed by atoms with van der Waals surface area (Å²) >= 11 is 0. The fraction of sp³-hybridized carbons (Fsp3) is 0.538. The summed E-state index contributed by atoms with van der Waals surface area (Å²) in [5, 5.41) is 2.81. The van der Waals surface area contributed by atoms with E-state index < -0.39 is 12.1 Å². The minimum Gasteiger partial charge on any atom is -0.457 e. The van der Waals surface area contributed by atoms with Gasteiger partial charge in [0, 0.05) is 5.54 Å². The normalized spacial score (nSPS) is 12.9. The molecule has 0 fully saturated rings. The molecule has 0 aliphatic rings. The zero-order valence-corrected chi connectivity index (χ0v) is 11.1. The molecule has 1 aromatic rings. The largest absolute Gasteiger partial charge is 0.457 e. The smallest absolute Gasteiger partial charge is 0.374 e. The number of ether oxygens (including phenoxy) is 1. The van der Waals surface area contributed by atoms with E-state index in [1.165, 1.54) is 19.3 Å². The van der Waals surface area contributed by atoms with Gasteiger partial charge in [0.05, 0.1) is 6.26 Å². The minimum atomic E-state index is -0.853. The highest BCUT2D eigenvalue weighted by molar-refractivity contribution is 5.90. The van der Waals surface area contributed by atoms with Gasteiger partial charge in [0.2, 0.25) is 5.76 Å². The molecule has 1 aromatic heterocycles. The van der Waals surface area contributed by atoms with E-state index in [1.807, 2.05) is 20.8 Å². The van der Waals surface area contributed by atoms with Gasteiger partial charge >= 0.3 is 5.97 Å². The molecule has 100 valence electrons. The molecule has 1 atom stereocenters. The Morgan fingerprint density at radius 3 is 2.67 bits per heavy atom. The maximum atomic E-state index is 11.8. The molecular formula is C13H19NO4. The second-order valence-corrected chi connectivity index (χ2v) is 4.75. The first-order valence-electron chi connectivity index (χ1n) is 5.92. The fourth-order valence-corrected chi connectivity index (χ4v) is 1.19. The van der Waals surface area contributed by atoms with Gasteiger partial charge in [-0.05, 0) is 39.3 Å². The summed E-state index contributed by atoms with van der Waals surface area (Å²) in [5.74, 6) is -0.872. The lowest BCUT2D eigenvalue weighted by Crippen LogP contribution is -2.47. The summed E-state index contributed by atoms with van der Waals surface area (Å²) in [4.78, 5) is 23.4. The highest BCUT2D eigenvalue weighted by Crippen LogP contribution is 2.09. The van der Waals surface area contributed by atoms with Gasteiger partial charge in [0.25, 0.3) is 5.91 Å². The molecule has 1 amide bonds. The number of hydrogen-bond donors (Lipinski definition) is 1. The summed E-state index contributed by atoms with van der Waals surface area (Å²) in [5.41, 5.74) is -0.317. The Morgan fingerprint density at radius 2 is 2.17 bits per heavy atom. The second-order valence-electron chi connectivity index (χ2n) is 4.75. The highest BCUT2D eigenvalue weighted by Gasteiger charge is 2.25. The average Bonchev–Trinajstić information content (AvgIpc) is 2.81. The van der Waals surface area contributed by atoms with Gasteiger partial charge in [-0.2, -0.15) is 0 Å². The van der Waals surface area contributed by atoms with E-state index in [0.29, 0.717) is 0 Å². The number of carbonyl (C=O) groups excluding carboxylic acids is 2. The van der Waals surface area contributed by atoms with Gasteiger partial charge in [-0.1, -0.05) is 6.92 Å². The number of nitrogens with one attached hydrogen (secondary N) is 1.